The molecule has 1 aromatic heterocycles. The molecule has 0 radical (unpaired) electrons. The Bertz CT molecular complexity index is 799. The fourth-order valence-electron chi connectivity index (χ4n) is 2.11. The fourth-order valence-corrected chi connectivity index (χ4v) is 2.11. The number of nitrogens with one attached hydrogen (secondary N) is 2. The van der Waals surface area contributed by atoms with Gasteiger partial charge in [-0.25, -0.2) is 4.98 Å². The molecule has 140 valence electrons. The van der Waals surface area contributed by atoms with Gasteiger partial charge in [0.05, 0.1) is 10.5 Å². The summed E-state index contributed by atoms with van der Waals surface area (Å²) >= 11 is 0. The molecule has 0 amide bonds. The zero-order chi connectivity index (χ0) is 19.3. The van der Waals surface area contributed by atoms with Crippen LogP contribution < -0.4 is 10.6 Å². The number of anilines is 3. The molecule has 2 aromatic rings. The molecular weight excluding hydrogens is 355 g/mol. The molecule has 0 aliphatic heterocycles. The highest BCUT2D eigenvalue weighted by molar-refractivity contribution is 5.66. The number of hydrogen-bond acceptors (Lipinski definition) is 7. The zero-order valence-electron chi connectivity index (χ0n) is 13.7. The lowest BCUT2D eigenvalue weighted by atomic mass is 10.1. The Morgan fingerprint density at radius 1 is 1.31 bits per heavy atom. The number of halogens is 3. The molecule has 0 bridgehead atoms. The highest BCUT2D eigenvalue weighted by atomic mass is 19.4. The third-order valence-electron chi connectivity index (χ3n) is 3.40. The smallest absolute Gasteiger partial charge is 0.396 e. The number of hydrogen-bond donors (Lipinski definition) is 3. The van der Waals surface area contributed by atoms with E-state index in [1.54, 1.807) is 0 Å². The van der Waals surface area contributed by atoms with Gasteiger partial charge in [-0.1, -0.05) is 6.07 Å². The van der Waals surface area contributed by atoms with E-state index in [2.05, 4.69) is 20.6 Å². The maximum absolute atomic E-state index is 13.0. The Balaban J connectivity index is 2.37. The minimum Gasteiger partial charge on any atom is -0.396 e. The van der Waals surface area contributed by atoms with Crippen LogP contribution in [0.4, 0.5) is 36.3 Å². The zero-order valence-corrected chi connectivity index (χ0v) is 13.7. The monoisotopic (exact) mass is 371 g/mol. The molecular formula is C15H16F3N5O3. The van der Waals surface area contributed by atoms with Gasteiger partial charge < -0.3 is 15.7 Å². The first kappa shape index (κ1) is 19.4. The van der Waals surface area contributed by atoms with E-state index < -0.39 is 16.8 Å². The second kappa shape index (κ2) is 7.95. The molecule has 2 rings (SSSR count). The van der Waals surface area contributed by atoms with Gasteiger partial charge in [-0.05, 0) is 19.4 Å². The summed E-state index contributed by atoms with van der Waals surface area (Å²) in [7, 11) is 0. The van der Waals surface area contributed by atoms with Crippen molar-refractivity contribution in [3.05, 3.63) is 45.6 Å². The summed E-state index contributed by atoms with van der Waals surface area (Å²) in [6.45, 7) is 1.53. The van der Waals surface area contributed by atoms with E-state index in [-0.39, 0.29) is 41.9 Å². The van der Waals surface area contributed by atoms with Crippen LogP contribution in [0.1, 0.15) is 17.7 Å². The Morgan fingerprint density at radius 2 is 2.04 bits per heavy atom. The van der Waals surface area contributed by atoms with Crippen molar-refractivity contribution in [2.75, 3.05) is 23.8 Å². The maximum atomic E-state index is 13.0. The van der Waals surface area contributed by atoms with Crippen molar-refractivity contribution < 1.29 is 23.2 Å². The number of aromatic nitrogens is 2. The van der Waals surface area contributed by atoms with Crippen LogP contribution in [0.15, 0.2) is 24.3 Å². The number of alkyl halides is 3. The molecule has 0 fully saturated rings. The molecule has 8 nitrogen and oxygen atoms in total. The van der Waals surface area contributed by atoms with E-state index in [1.807, 2.05) is 0 Å². The maximum Gasteiger partial charge on any atom is 0.433 e. The molecule has 0 unspecified atom stereocenters. The van der Waals surface area contributed by atoms with Crippen LogP contribution >= 0.6 is 0 Å². The van der Waals surface area contributed by atoms with E-state index in [9.17, 15) is 23.3 Å². The molecule has 3 N–H and O–H groups in total. The first-order chi connectivity index (χ1) is 12.2. The van der Waals surface area contributed by atoms with E-state index >= 15 is 0 Å². The SMILES string of the molecule is Cc1c(Nc2cc(C(F)(F)F)nc(NCCCO)n2)cccc1[N+](=O)[O-]. The Labute approximate surface area is 146 Å². The van der Waals surface area contributed by atoms with Crippen LogP contribution in [0.25, 0.3) is 0 Å². The molecule has 1 heterocycles. The Morgan fingerprint density at radius 3 is 2.65 bits per heavy atom. The van der Waals surface area contributed by atoms with Gasteiger partial charge in [-0.15, -0.1) is 0 Å². The van der Waals surface area contributed by atoms with Crippen molar-refractivity contribution in [1.82, 2.24) is 9.97 Å². The lowest BCUT2D eigenvalue weighted by Gasteiger charge is -2.13. The first-order valence-electron chi connectivity index (χ1n) is 7.54. The van der Waals surface area contributed by atoms with Crippen molar-refractivity contribution in [2.24, 2.45) is 0 Å². The average Bonchev–Trinajstić information content (AvgIpc) is 2.56. The van der Waals surface area contributed by atoms with Gasteiger partial charge in [0.2, 0.25) is 5.95 Å². The van der Waals surface area contributed by atoms with Gasteiger partial charge >= 0.3 is 6.18 Å². The quantitative estimate of drug-likeness (QED) is 0.389. The molecule has 0 saturated carbocycles. The summed E-state index contributed by atoms with van der Waals surface area (Å²) in [6, 6.07) is 4.93. The molecule has 0 aliphatic rings. The summed E-state index contributed by atoms with van der Waals surface area (Å²) < 4.78 is 39.1. The van der Waals surface area contributed by atoms with Crippen LogP contribution in [0.3, 0.4) is 0 Å². The predicted molar refractivity (Wildman–Crippen MR) is 88.3 cm³/mol. The number of aliphatic hydroxyl groups is 1. The summed E-state index contributed by atoms with van der Waals surface area (Å²) in [6.07, 6.45) is -4.38. The minimum atomic E-state index is -4.69. The number of rotatable bonds is 7. The largest absolute Gasteiger partial charge is 0.433 e. The van der Waals surface area contributed by atoms with Crippen molar-refractivity contribution in [2.45, 2.75) is 19.5 Å². The van der Waals surface area contributed by atoms with Crippen LogP contribution in [0, 0.1) is 17.0 Å². The van der Waals surface area contributed by atoms with Crippen LogP contribution in [0.5, 0.6) is 0 Å². The summed E-state index contributed by atoms with van der Waals surface area (Å²) in [5, 5.41) is 25.0. The number of nitro groups is 1. The summed E-state index contributed by atoms with van der Waals surface area (Å²) in [5.41, 5.74) is -0.808. The lowest BCUT2D eigenvalue weighted by Crippen LogP contribution is -2.14. The van der Waals surface area contributed by atoms with Gasteiger partial charge in [-0.2, -0.15) is 18.2 Å². The van der Waals surface area contributed by atoms with Gasteiger partial charge in [0.1, 0.15) is 5.82 Å². The van der Waals surface area contributed by atoms with Crippen LogP contribution in [-0.2, 0) is 6.18 Å². The van der Waals surface area contributed by atoms with Gasteiger partial charge in [-0.3, -0.25) is 10.1 Å². The van der Waals surface area contributed by atoms with Crippen molar-refractivity contribution >= 4 is 23.1 Å². The number of aliphatic hydroxyl groups excluding tert-OH is 1. The summed E-state index contributed by atoms with van der Waals surface area (Å²) in [4.78, 5) is 17.8. The Hall–Kier alpha value is -2.95. The molecule has 26 heavy (non-hydrogen) atoms. The number of benzene rings is 1. The standard InChI is InChI=1S/C15H16F3N5O3/c1-9-10(4-2-5-11(9)23(25)26)20-13-8-12(15(16,17)18)21-14(22-13)19-6-3-7-24/h2,4-5,8,24H,3,6-7H2,1H3,(H2,19,20,21,22). The average molecular weight is 371 g/mol. The molecule has 1 aromatic carbocycles. The van der Waals surface area contributed by atoms with E-state index in [1.165, 1.54) is 25.1 Å². The highest BCUT2D eigenvalue weighted by Crippen LogP contribution is 2.32. The topological polar surface area (TPSA) is 113 Å². The number of nitrogens with zero attached hydrogens (tertiary/aromatic N) is 3. The second-order valence-corrected chi connectivity index (χ2v) is 5.30. The van der Waals surface area contributed by atoms with Crippen molar-refractivity contribution in [1.29, 1.82) is 0 Å². The van der Waals surface area contributed by atoms with Crippen LogP contribution in [0.2, 0.25) is 0 Å². The lowest BCUT2D eigenvalue weighted by molar-refractivity contribution is -0.385. The highest BCUT2D eigenvalue weighted by Gasteiger charge is 2.33. The normalized spacial score (nSPS) is 11.3. The van der Waals surface area contributed by atoms with Crippen molar-refractivity contribution in [3.8, 4) is 0 Å². The minimum absolute atomic E-state index is 0.135. The molecule has 0 aliphatic carbocycles. The Kier molecular flexibility index (Phi) is 5.93. The predicted octanol–water partition coefficient (Wildman–Crippen LogP) is 3.25. The van der Waals surface area contributed by atoms with E-state index in [4.69, 9.17) is 5.11 Å². The van der Waals surface area contributed by atoms with Gasteiger partial charge in [0, 0.05) is 31.0 Å². The molecule has 11 heteroatoms. The molecule has 0 atom stereocenters. The molecule has 0 spiro atoms. The first-order valence-corrected chi connectivity index (χ1v) is 7.54. The number of nitro benzene ring substituents is 1. The molecule has 0 saturated heterocycles. The third-order valence-corrected chi connectivity index (χ3v) is 3.40. The summed E-state index contributed by atoms with van der Waals surface area (Å²) in [5.74, 6) is -0.429. The van der Waals surface area contributed by atoms with Crippen molar-refractivity contribution in [3.63, 3.8) is 0 Å². The third kappa shape index (κ3) is 4.79. The second-order valence-electron chi connectivity index (χ2n) is 5.30. The van der Waals surface area contributed by atoms with Gasteiger partial charge in [0.25, 0.3) is 5.69 Å². The van der Waals surface area contributed by atoms with E-state index in [0.29, 0.717) is 6.42 Å². The van der Waals surface area contributed by atoms with E-state index in [0.717, 1.165) is 6.07 Å². The van der Waals surface area contributed by atoms with Crippen LogP contribution in [-0.4, -0.2) is 33.1 Å². The van der Waals surface area contributed by atoms with Gasteiger partial charge in [0.15, 0.2) is 5.69 Å². The fraction of sp³-hybridized carbons (Fsp3) is 0.333.